The van der Waals surface area contributed by atoms with Gasteiger partial charge in [0.25, 0.3) is 0 Å². The standard InChI is InChI=1S/C21H20ClN3O/c1-4-14(3)26-20-8-6-15(11-17(20)22)10-16(12-23)21-24-18-7-5-13(2)9-19(18)25-21/h5-11,14H,4H2,1-3H3,(H,24,25)/b16-10-/t14-/m1/s1. The van der Waals surface area contributed by atoms with E-state index >= 15 is 0 Å². The molecule has 1 N–H and O–H groups in total. The van der Waals surface area contributed by atoms with Crippen LogP contribution in [0.4, 0.5) is 0 Å². The average Bonchev–Trinajstić information content (AvgIpc) is 3.04. The Bertz CT molecular complexity index is 1010. The van der Waals surface area contributed by atoms with Crippen LogP contribution < -0.4 is 4.74 Å². The van der Waals surface area contributed by atoms with Gasteiger partial charge in [0.05, 0.1) is 27.7 Å². The first-order valence-electron chi connectivity index (χ1n) is 8.55. The Labute approximate surface area is 158 Å². The summed E-state index contributed by atoms with van der Waals surface area (Å²) >= 11 is 6.32. The quantitative estimate of drug-likeness (QED) is 0.584. The largest absolute Gasteiger partial charge is 0.489 e. The van der Waals surface area contributed by atoms with Crippen LogP contribution in [0.15, 0.2) is 36.4 Å². The second kappa shape index (κ2) is 7.63. The lowest BCUT2D eigenvalue weighted by Gasteiger charge is -2.14. The van der Waals surface area contributed by atoms with Gasteiger partial charge in [-0.1, -0.05) is 30.7 Å². The topological polar surface area (TPSA) is 61.7 Å². The van der Waals surface area contributed by atoms with Crippen LogP contribution in [0.5, 0.6) is 5.75 Å². The minimum atomic E-state index is 0.0996. The van der Waals surface area contributed by atoms with Crippen LogP contribution in [0.25, 0.3) is 22.7 Å². The van der Waals surface area contributed by atoms with Gasteiger partial charge in [-0.15, -0.1) is 0 Å². The number of nitriles is 1. The van der Waals surface area contributed by atoms with Gasteiger partial charge in [0.1, 0.15) is 17.6 Å². The minimum Gasteiger partial charge on any atom is -0.489 e. The lowest BCUT2D eigenvalue weighted by molar-refractivity contribution is 0.217. The van der Waals surface area contributed by atoms with E-state index in [1.165, 1.54) is 0 Å². The van der Waals surface area contributed by atoms with Crippen LogP contribution in [-0.2, 0) is 0 Å². The molecular formula is C21H20ClN3O. The van der Waals surface area contributed by atoms with Crippen molar-refractivity contribution in [1.29, 1.82) is 5.26 Å². The molecule has 0 saturated carbocycles. The van der Waals surface area contributed by atoms with Crippen molar-refractivity contribution in [2.75, 3.05) is 0 Å². The lowest BCUT2D eigenvalue weighted by atomic mass is 10.1. The highest BCUT2D eigenvalue weighted by molar-refractivity contribution is 6.32. The fraction of sp³-hybridized carbons (Fsp3) is 0.238. The highest BCUT2D eigenvalue weighted by atomic mass is 35.5. The monoisotopic (exact) mass is 365 g/mol. The van der Waals surface area contributed by atoms with E-state index in [2.05, 4.69) is 23.0 Å². The number of hydrogen-bond acceptors (Lipinski definition) is 3. The van der Waals surface area contributed by atoms with Crippen LogP contribution in [0, 0.1) is 18.3 Å². The third-order valence-corrected chi connectivity index (χ3v) is 4.48. The first-order chi connectivity index (χ1) is 12.5. The van der Waals surface area contributed by atoms with Gasteiger partial charge in [-0.05, 0) is 61.7 Å². The van der Waals surface area contributed by atoms with Gasteiger partial charge in [0.2, 0.25) is 0 Å². The molecule has 2 aromatic carbocycles. The molecule has 4 nitrogen and oxygen atoms in total. The Hall–Kier alpha value is -2.77. The summed E-state index contributed by atoms with van der Waals surface area (Å²) in [6.45, 7) is 6.08. The van der Waals surface area contributed by atoms with E-state index in [1.54, 1.807) is 12.1 Å². The molecule has 0 bridgehead atoms. The fourth-order valence-corrected chi connectivity index (χ4v) is 2.81. The number of ether oxygens (including phenoxy) is 1. The average molecular weight is 366 g/mol. The number of aryl methyl sites for hydroxylation is 1. The van der Waals surface area contributed by atoms with E-state index < -0.39 is 0 Å². The van der Waals surface area contributed by atoms with Crippen molar-refractivity contribution < 1.29 is 4.74 Å². The minimum absolute atomic E-state index is 0.0996. The van der Waals surface area contributed by atoms with Crippen LogP contribution in [0.2, 0.25) is 5.02 Å². The van der Waals surface area contributed by atoms with Crippen LogP contribution in [0.3, 0.4) is 0 Å². The van der Waals surface area contributed by atoms with Crippen molar-refractivity contribution in [2.45, 2.75) is 33.3 Å². The first kappa shape index (κ1) is 18.0. The predicted octanol–water partition coefficient (Wildman–Crippen LogP) is 5.77. The van der Waals surface area contributed by atoms with Crippen molar-refractivity contribution in [3.05, 3.63) is 58.4 Å². The fourth-order valence-electron chi connectivity index (χ4n) is 2.57. The second-order valence-corrected chi connectivity index (χ2v) is 6.71. The molecule has 1 aromatic heterocycles. The number of aromatic amines is 1. The molecule has 1 atom stereocenters. The molecule has 0 aliphatic carbocycles. The Morgan fingerprint density at radius 3 is 2.85 bits per heavy atom. The Morgan fingerprint density at radius 2 is 2.15 bits per heavy atom. The van der Waals surface area contributed by atoms with Crippen molar-refractivity contribution in [2.24, 2.45) is 0 Å². The maximum Gasteiger partial charge on any atom is 0.149 e. The number of nitrogens with zero attached hydrogens (tertiary/aromatic N) is 2. The molecule has 132 valence electrons. The molecule has 1 heterocycles. The van der Waals surface area contributed by atoms with Gasteiger partial charge in [-0.3, -0.25) is 0 Å². The molecule has 0 saturated heterocycles. The molecule has 0 fully saturated rings. The van der Waals surface area contributed by atoms with Gasteiger partial charge < -0.3 is 9.72 Å². The number of allylic oxidation sites excluding steroid dienone is 1. The van der Waals surface area contributed by atoms with Gasteiger partial charge in [0.15, 0.2) is 0 Å². The van der Waals surface area contributed by atoms with Gasteiger partial charge in [0, 0.05) is 0 Å². The van der Waals surface area contributed by atoms with Crippen molar-refractivity contribution in [3.63, 3.8) is 0 Å². The summed E-state index contributed by atoms with van der Waals surface area (Å²) in [6, 6.07) is 13.7. The third-order valence-electron chi connectivity index (χ3n) is 4.18. The number of hydrogen-bond donors (Lipinski definition) is 1. The zero-order valence-corrected chi connectivity index (χ0v) is 15.8. The number of rotatable bonds is 5. The van der Waals surface area contributed by atoms with Crippen molar-refractivity contribution in [3.8, 4) is 11.8 Å². The number of nitrogens with one attached hydrogen (secondary N) is 1. The summed E-state index contributed by atoms with van der Waals surface area (Å²) in [5.41, 5.74) is 4.16. The summed E-state index contributed by atoms with van der Waals surface area (Å²) < 4.78 is 5.78. The third kappa shape index (κ3) is 3.89. The smallest absolute Gasteiger partial charge is 0.149 e. The van der Waals surface area contributed by atoms with Crippen LogP contribution in [-0.4, -0.2) is 16.1 Å². The predicted molar refractivity (Wildman–Crippen MR) is 106 cm³/mol. The molecule has 3 rings (SSSR count). The van der Waals surface area contributed by atoms with Gasteiger partial charge in [-0.2, -0.15) is 5.26 Å². The van der Waals surface area contributed by atoms with Gasteiger partial charge in [-0.25, -0.2) is 4.98 Å². The van der Waals surface area contributed by atoms with Crippen LogP contribution in [0.1, 0.15) is 37.2 Å². The van der Waals surface area contributed by atoms with E-state index in [1.807, 2.05) is 44.2 Å². The summed E-state index contributed by atoms with van der Waals surface area (Å²) in [6.07, 6.45) is 2.77. The number of imidazole rings is 1. The Kier molecular flexibility index (Phi) is 5.29. The molecule has 26 heavy (non-hydrogen) atoms. The van der Waals surface area contributed by atoms with E-state index in [0.29, 0.717) is 22.2 Å². The maximum absolute atomic E-state index is 9.56. The number of benzene rings is 2. The van der Waals surface area contributed by atoms with Crippen molar-refractivity contribution >= 4 is 34.3 Å². The van der Waals surface area contributed by atoms with Crippen molar-refractivity contribution in [1.82, 2.24) is 9.97 Å². The number of H-pyrrole nitrogens is 1. The maximum atomic E-state index is 9.56. The molecule has 0 aliphatic rings. The summed E-state index contributed by atoms with van der Waals surface area (Å²) in [7, 11) is 0. The summed E-state index contributed by atoms with van der Waals surface area (Å²) in [5.74, 6) is 1.19. The zero-order valence-electron chi connectivity index (χ0n) is 15.0. The summed E-state index contributed by atoms with van der Waals surface area (Å²) in [5, 5.41) is 10.1. The highest BCUT2D eigenvalue weighted by Crippen LogP contribution is 2.28. The molecule has 0 amide bonds. The molecule has 0 spiro atoms. The lowest BCUT2D eigenvalue weighted by Crippen LogP contribution is -2.09. The first-order valence-corrected chi connectivity index (χ1v) is 8.92. The van der Waals surface area contributed by atoms with E-state index in [9.17, 15) is 5.26 Å². The van der Waals surface area contributed by atoms with Gasteiger partial charge >= 0.3 is 0 Å². The Balaban J connectivity index is 1.93. The van der Waals surface area contributed by atoms with Crippen LogP contribution >= 0.6 is 11.6 Å². The second-order valence-electron chi connectivity index (χ2n) is 6.30. The van der Waals surface area contributed by atoms with E-state index in [4.69, 9.17) is 16.3 Å². The molecule has 5 heteroatoms. The SMILES string of the molecule is CC[C@@H](C)Oc1ccc(/C=C(/C#N)c2nc3ccc(C)cc3[nH]2)cc1Cl. The molecular weight excluding hydrogens is 346 g/mol. The number of halogens is 1. The normalized spacial score (nSPS) is 12.8. The Morgan fingerprint density at radius 1 is 1.35 bits per heavy atom. The summed E-state index contributed by atoms with van der Waals surface area (Å²) in [4.78, 5) is 7.72. The molecule has 3 aromatic rings. The molecule has 0 radical (unpaired) electrons. The number of fused-ring (bicyclic) bond motifs is 1. The van der Waals surface area contributed by atoms with E-state index in [0.717, 1.165) is 28.6 Å². The zero-order chi connectivity index (χ0) is 18.7. The van der Waals surface area contributed by atoms with E-state index in [-0.39, 0.29) is 6.10 Å². The number of aromatic nitrogens is 2. The molecule has 0 unspecified atom stereocenters. The molecule has 0 aliphatic heterocycles. The highest BCUT2D eigenvalue weighted by Gasteiger charge is 2.10.